The Kier molecular flexibility index (Phi) is 3.18. The van der Waals surface area contributed by atoms with Crippen LogP contribution in [0.15, 0.2) is 23.1 Å². The van der Waals surface area contributed by atoms with E-state index in [9.17, 15) is 0 Å². The molecule has 0 heterocycles. The van der Waals surface area contributed by atoms with E-state index in [1.807, 2.05) is 0 Å². The molecule has 0 radical (unpaired) electrons. The fraction of sp³-hybridized carbons (Fsp3) is 0.600. The second-order valence-electron chi connectivity index (χ2n) is 5.45. The summed E-state index contributed by atoms with van der Waals surface area (Å²) in [5.74, 6) is 0. The number of rotatable bonds is 4. The second kappa shape index (κ2) is 4.66. The van der Waals surface area contributed by atoms with Crippen molar-refractivity contribution in [2.75, 3.05) is 13.6 Å². The molecule has 0 amide bonds. The molecular weight excluding hydrogens is 226 g/mol. The average Bonchev–Trinajstić information content (AvgIpc) is 3.09. The van der Waals surface area contributed by atoms with E-state index in [1.165, 1.54) is 43.4 Å². The zero-order chi connectivity index (χ0) is 11.7. The Balaban J connectivity index is 1.75. The van der Waals surface area contributed by atoms with Crippen LogP contribution in [0.1, 0.15) is 36.8 Å². The summed E-state index contributed by atoms with van der Waals surface area (Å²) >= 11 is 2.09. The van der Waals surface area contributed by atoms with Crippen LogP contribution in [-0.4, -0.2) is 18.3 Å². The molecule has 0 bridgehead atoms. The minimum absolute atomic E-state index is 0.512. The van der Waals surface area contributed by atoms with E-state index < -0.39 is 0 Å². The fourth-order valence-corrected chi connectivity index (χ4v) is 4.16. The van der Waals surface area contributed by atoms with E-state index in [1.54, 1.807) is 11.1 Å². The molecule has 0 unspecified atom stereocenters. The first-order valence-corrected chi connectivity index (χ1v) is 7.58. The molecule has 0 aliphatic heterocycles. The van der Waals surface area contributed by atoms with Crippen molar-refractivity contribution >= 4 is 11.8 Å². The number of aryl methyl sites for hydroxylation is 2. The van der Waals surface area contributed by atoms with Crippen LogP contribution in [0.5, 0.6) is 0 Å². The monoisotopic (exact) mass is 247 g/mol. The van der Waals surface area contributed by atoms with E-state index in [0.29, 0.717) is 4.75 Å². The van der Waals surface area contributed by atoms with Crippen LogP contribution in [0.25, 0.3) is 0 Å². The van der Waals surface area contributed by atoms with Gasteiger partial charge in [-0.25, -0.2) is 0 Å². The predicted molar refractivity (Wildman–Crippen MR) is 74.8 cm³/mol. The van der Waals surface area contributed by atoms with Gasteiger partial charge in [0.05, 0.1) is 0 Å². The standard InChI is InChI=1S/C15H21NS/c1-16-11-15(8-9-15)17-14-7-6-12-4-2-3-5-13(12)10-14/h6-7,10,16H,2-5,8-9,11H2,1H3. The van der Waals surface area contributed by atoms with Gasteiger partial charge in [0.2, 0.25) is 0 Å². The molecule has 2 aliphatic rings. The summed E-state index contributed by atoms with van der Waals surface area (Å²) in [7, 11) is 2.06. The highest BCUT2D eigenvalue weighted by atomic mass is 32.2. The Bertz CT molecular complexity index is 409. The van der Waals surface area contributed by atoms with Gasteiger partial charge in [0.15, 0.2) is 0 Å². The van der Waals surface area contributed by atoms with Crippen LogP contribution < -0.4 is 5.32 Å². The molecule has 0 spiro atoms. The molecule has 2 aliphatic carbocycles. The van der Waals surface area contributed by atoms with Gasteiger partial charge in [0, 0.05) is 16.2 Å². The maximum absolute atomic E-state index is 3.33. The summed E-state index contributed by atoms with van der Waals surface area (Å²) in [6, 6.07) is 7.16. The van der Waals surface area contributed by atoms with Crippen molar-refractivity contribution in [1.29, 1.82) is 0 Å². The average molecular weight is 247 g/mol. The van der Waals surface area contributed by atoms with Crippen molar-refractivity contribution in [3.05, 3.63) is 29.3 Å². The molecule has 1 nitrogen and oxygen atoms in total. The van der Waals surface area contributed by atoms with E-state index in [4.69, 9.17) is 0 Å². The molecule has 1 aromatic rings. The normalized spacial score (nSPS) is 21.0. The number of hydrogen-bond donors (Lipinski definition) is 1. The van der Waals surface area contributed by atoms with Crippen LogP contribution in [0.2, 0.25) is 0 Å². The lowest BCUT2D eigenvalue weighted by Gasteiger charge is -2.19. The molecule has 0 atom stereocenters. The van der Waals surface area contributed by atoms with Crippen molar-refractivity contribution in [2.24, 2.45) is 0 Å². The van der Waals surface area contributed by atoms with Crippen LogP contribution in [-0.2, 0) is 12.8 Å². The molecule has 1 N–H and O–H groups in total. The molecule has 3 rings (SSSR count). The van der Waals surface area contributed by atoms with Gasteiger partial charge in [-0.2, -0.15) is 0 Å². The van der Waals surface area contributed by atoms with Crippen molar-refractivity contribution < 1.29 is 0 Å². The van der Waals surface area contributed by atoms with Crippen LogP contribution >= 0.6 is 11.8 Å². The van der Waals surface area contributed by atoms with Crippen molar-refractivity contribution in [3.63, 3.8) is 0 Å². The SMILES string of the molecule is CNCC1(Sc2ccc3c(c2)CCCC3)CC1. The lowest BCUT2D eigenvalue weighted by atomic mass is 9.92. The molecule has 0 aromatic heterocycles. The molecule has 0 saturated heterocycles. The summed E-state index contributed by atoms with van der Waals surface area (Å²) in [6.45, 7) is 1.15. The van der Waals surface area contributed by atoms with Crippen molar-refractivity contribution in [3.8, 4) is 0 Å². The van der Waals surface area contributed by atoms with Gasteiger partial charge in [-0.1, -0.05) is 6.07 Å². The van der Waals surface area contributed by atoms with E-state index in [0.717, 1.165) is 6.54 Å². The Morgan fingerprint density at radius 3 is 2.65 bits per heavy atom. The van der Waals surface area contributed by atoms with Crippen LogP contribution in [0, 0.1) is 0 Å². The predicted octanol–water partition coefficient (Wildman–Crippen LogP) is 3.41. The Labute approximate surface area is 108 Å². The number of nitrogens with one attached hydrogen (secondary N) is 1. The summed E-state index contributed by atoms with van der Waals surface area (Å²) in [6.07, 6.45) is 8.09. The summed E-state index contributed by atoms with van der Waals surface area (Å²) in [5.41, 5.74) is 3.21. The summed E-state index contributed by atoms with van der Waals surface area (Å²) in [5, 5.41) is 3.33. The highest BCUT2D eigenvalue weighted by molar-refractivity contribution is 8.01. The topological polar surface area (TPSA) is 12.0 Å². The van der Waals surface area contributed by atoms with Gasteiger partial charge in [-0.3, -0.25) is 0 Å². The zero-order valence-electron chi connectivity index (χ0n) is 10.6. The third-order valence-electron chi connectivity index (χ3n) is 3.96. The molecule has 17 heavy (non-hydrogen) atoms. The number of benzene rings is 1. The lowest BCUT2D eigenvalue weighted by molar-refractivity contribution is 0.683. The third kappa shape index (κ3) is 2.53. The van der Waals surface area contributed by atoms with Gasteiger partial charge >= 0.3 is 0 Å². The summed E-state index contributed by atoms with van der Waals surface area (Å²) < 4.78 is 0.512. The van der Waals surface area contributed by atoms with E-state index in [2.05, 4.69) is 42.3 Å². The number of hydrogen-bond acceptors (Lipinski definition) is 2. The lowest BCUT2D eigenvalue weighted by Crippen LogP contribution is -2.22. The van der Waals surface area contributed by atoms with Gasteiger partial charge < -0.3 is 5.32 Å². The molecule has 1 aromatic carbocycles. The maximum atomic E-state index is 3.33. The maximum Gasteiger partial charge on any atom is 0.0332 e. The first-order chi connectivity index (χ1) is 8.31. The highest BCUT2D eigenvalue weighted by Crippen LogP contribution is 2.51. The Hall–Kier alpha value is -0.470. The van der Waals surface area contributed by atoms with Gasteiger partial charge in [-0.15, -0.1) is 11.8 Å². The van der Waals surface area contributed by atoms with E-state index in [-0.39, 0.29) is 0 Å². The van der Waals surface area contributed by atoms with Gasteiger partial charge in [0.25, 0.3) is 0 Å². The quantitative estimate of drug-likeness (QED) is 0.875. The minimum Gasteiger partial charge on any atom is -0.318 e. The minimum atomic E-state index is 0.512. The zero-order valence-corrected chi connectivity index (χ0v) is 11.4. The fourth-order valence-electron chi connectivity index (χ4n) is 2.80. The first-order valence-electron chi connectivity index (χ1n) is 6.77. The first kappa shape index (κ1) is 11.6. The Morgan fingerprint density at radius 2 is 1.94 bits per heavy atom. The smallest absolute Gasteiger partial charge is 0.0332 e. The molecule has 1 saturated carbocycles. The summed E-state index contributed by atoms with van der Waals surface area (Å²) in [4.78, 5) is 1.48. The molecule has 1 fully saturated rings. The Morgan fingerprint density at radius 1 is 1.18 bits per heavy atom. The number of thioether (sulfide) groups is 1. The second-order valence-corrected chi connectivity index (χ2v) is 6.99. The van der Waals surface area contributed by atoms with Crippen LogP contribution in [0.3, 0.4) is 0 Å². The van der Waals surface area contributed by atoms with Gasteiger partial charge in [-0.05, 0) is 68.8 Å². The third-order valence-corrected chi connectivity index (χ3v) is 5.44. The van der Waals surface area contributed by atoms with Crippen LogP contribution in [0.4, 0.5) is 0 Å². The van der Waals surface area contributed by atoms with E-state index >= 15 is 0 Å². The van der Waals surface area contributed by atoms with Gasteiger partial charge in [0.1, 0.15) is 0 Å². The van der Waals surface area contributed by atoms with Crippen molar-refractivity contribution in [2.45, 2.75) is 48.2 Å². The highest BCUT2D eigenvalue weighted by Gasteiger charge is 2.42. The molecular formula is C15H21NS. The molecule has 2 heteroatoms. The number of fused-ring (bicyclic) bond motifs is 1. The largest absolute Gasteiger partial charge is 0.318 e. The molecule has 92 valence electrons. The van der Waals surface area contributed by atoms with Crippen molar-refractivity contribution in [1.82, 2.24) is 5.32 Å².